The fourth-order valence-corrected chi connectivity index (χ4v) is 0.645. The molecular weight excluding hydrogens is 145 g/mol. The van der Waals surface area contributed by atoms with E-state index in [2.05, 4.69) is 4.52 Å². The minimum Gasteiger partial charge on any atom is -0.389 e. The van der Waals surface area contributed by atoms with Crippen molar-refractivity contribution in [2.45, 2.75) is 19.3 Å². The zero-order valence-corrected chi connectivity index (χ0v) is 5.94. The van der Waals surface area contributed by atoms with Crippen molar-refractivity contribution in [1.82, 2.24) is 0 Å². The molecular formula is C3H10NO4P. The molecule has 0 aliphatic carbocycles. The Hall–Kier alpha value is 0.0700. The fourth-order valence-electron chi connectivity index (χ4n) is 0.215. The first-order valence-corrected chi connectivity index (χ1v) is 3.63. The predicted octanol–water partition coefficient (Wildman–Crippen LogP) is -0.949. The highest BCUT2D eigenvalue weighted by Crippen LogP contribution is 2.16. The van der Waals surface area contributed by atoms with Crippen LogP contribution >= 0.6 is 8.25 Å². The highest BCUT2D eigenvalue weighted by atomic mass is 31.1. The number of aliphatic hydroxyl groups is 1. The summed E-state index contributed by atoms with van der Waals surface area (Å²) in [6, 6.07) is 0. The molecule has 0 amide bonds. The normalized spacial score (nSPS) is 20.9. The molecule has 56 valence electrons. The van der Waals surface area contributed by atoms with Gasteiger partial charge in [0.25, 0.3) is 0 Å². The van der Waals surface area contributed by atoms with Crippen LogP contribution in [0.3, 0.4) is 0 Å². The van der Waals surface area contributed by atoms with E-state index in [1.807, 2.05) is 0 Å². The monoisotopic (exact) mass is 155 g/mol. The molecule has 0 spiro atoms. The van der Waals surface area contributed by atoms with Gasteiger partial charge >= 0.3 is 8.25 Å². The van der Waals surface area contributed by atoms with Gasteiger partial charge in [-0.05, 0) is 6.92 Å². The van der Waals surface area contributed by atoms with E-state index >= 15 is 0 Å². The van der Waals surface area contributed by atoms with Crippen molar-refractivity contribution < 1.29 is 19.1 Å². The van der Waals surface area contributed by atoms with E-state index in [4.69, 9.17) is 15.7 Å². The standard InChI is InChI=1S/C3H10NO4P/c1-2(5)3(4)8-9(6)7/h2-3,5,9H,4H2,1H3,(H,6,7)/t2-,3-/m1/s1. The maximum Gasteiger partial charge on any atom is 0.318 e. The van der Waals surface area contributed by atoms with Gasteiger partial charge in [-0.3, -0.25) is 9.09 Å². The lowest BCUT2D eigenvalue weighted by atomic mass is 10.4. The van der Waals surface area contributed by atoms with Gasteiger partial charge in [-0.25, -0.2) is 0 Å². The Balaban J connectivity index is 3.50. The second kappa shape index (κ2) is 3.98. The van der Waals surface area contributed by atoms with Gasteiger partial charge in [-0.1, -0.05) is 0 Å². The summed E-state index contributed by atoms with van der Waals surface area (Å²) in [7, 11) is -3.01. The summed E-state index contributed by atoms with van der Waals surface area (Å²) in [6.45, 7) is 1.37. The van der Waals surface area contributed by atoms with Crippen molar-refractivity contribution in [2.75, 3.05) is 0 Å². The number of rotatable bonds is 3. The molecule has 4 N–H and O–H groups in total. The Bertz CT molecular complexity index is 106. The van der Waals surface area contributed by atoms with E-state index in [-0.39, 0.29) is 0 Å². The van der Waals surface area contributed by atoms with Crippen LogP contribution in [-0.2, 0) is 9.09 Å². The molecule has 0 aliphatic rings. The SMILES string of the molecule is C[C@@H](O)[C@H](N)O[PH](=O)O. The van der Waals surface area contributed by atoms with E-state index < -0.39 is 20.6 Å². The Morgan fingerprint density at radius 3 is 2.33 bits per heavy atom. The molecule has 1 unspecified atom stereocenters. The van der Waals surface area contributed by atoms with E-state index in [0.717, 1.165) is 0 Å². The van der Waals surface area contributed by atoms with Crippen molar-refractivity contribution in [2.24, 2.45) is 5.73 Å². The van der Waals surface area contributed by atoms with E-state index in [1.165, 1.54) is 6.92 Å². The molecule has 0 saturated heterocycles. The minimum atomic E-state index is -3.01. The van der Waals surface area contributed by atoms with Crippen LogP contribution in [0.4, 0.5) is 0 Å². The van der Waals surface area contributed by atoms with Gasteiger partial charge in [0.05, 0.1) is 6.10 Å². The largest absolute Gasteiger partial charge is 0.389 e. The summed E-state index contributed by atoms with van der Waals surface area (Å²) < 4.78 is 14.0. The average molecular weight is 155 g/mol. The van der Waals surface area contributed by atoms with Crippen molar-refractivity contribution in [3.63, 3.8) is 0 Å². The molecule has 0 rings (SSSR count). The molecule has 0 radical (unpaired) electrons. The molecule has 0 saturated carbocycles. The molecule has 0 fully saturated rings. The smallest absolute Gasteiger partial charge is 0.318 e. The third-order valence-electron chi connectivity index (χ3n) is 0.712. The van der Waals surface area contributed by atoms with Crippen LogP contribution in [-0.4, -0.2) is 22.3 Å². The second-order valence-corrected chi connectivity index (χ2v) is 2.36. The maximum absolute atomic E-state index is 9.89. The third-order valence-corrected chi connectivity index (χ3v) is 1.19. The predicted molar refractivity (Wildman–Crippen MR) is 32.0 cm³/mol. The van der Waals surface area contributed by atoms with Crippen LogP contribution in [0.2, 0.25) is 0 Å². The zero-order valence-electron chi connectivity index (χ0n) is 4.94. The van der Waals surface area contributed by atoms with Crippen molar-refractivity contribution in [1.29, 1.82) is 0 Å². The fraction of sp³-hybridized carbons (Fsp3) is 1.00. The van der Waals surface area contributed by atoms with Gasteiger partial charge in [0.2, 0.25) is 0 Å². The highest BCUT2D eigenvalue weighted by molar-refractivity contribution is 7.32. The summed E-state index contributed by atoms with van der Waals surface area (Å²) in [5, 5.41) is 8.59. The Morgan fingerprint density at radius 1 is 1.78 bits per heavy atom. The summed E-state index contributed by atoms with van der Waals surface area (Å²) in [5.74, 6) is 0. The molecule has 0 heterocycles. The van der Waals surface area contributed by atoms with E-state index in [1.54, 1.807) is 0 Å². The van der Waals surface area contributed by atoms with Gasteiger partial charge in [0.1, 0.15) is 6.23 Å². The zero-order chi connectivity index (χ0) is 7.44. The Kier molecular flexibility index (Phi) is 4.01. The molecule has 3 atom stereocenters. The van der Waals surface area contributed by atoms with E-state index in [9.17, 15) is 4.57 Å². The van der Waals surface area contributed by atoms with E-state index in [0.29, 0.717) is 0 Å². The average Bonchev–Trinajstić information content (AvgIpc) is 1.63. The lowest BCUT2D eigenvalue weighted by Gasteiger charge is -2.11. The van der Waals surface area contributed by atoms with Crippen molar-refractivity contribution in [3.05, 3.63) is 0 Å². The van der Waals surface area contributed by atoms with Crippen LogP contribution in [0, 0.1) is 0 Å². The quantitative estimate of drug-likeness (QED) is 0.361. The molecule has 0 aromatic heterocycles. The molecule has 9 heavy (non-hydrogen) atoms. The van der Waals surface area contributed by atoms with Crippen LogP contribution in [0.1, 0.15) is 6.92 Å². The van der Waals surface area contributed by atoms with Crippen LogP contribution in [0.25, 0.3) is 0 Å². The summed E-state index contributed by atoms with van der Waals surface area (Å²) in [6.07, 6.45) is -1.99. The molecule has 0 aromatic rings. The van der Waals surface area contributed by atoms with Crippen molar-refractivity contribution >= 4 is 8.25 Å². The number of nitrogens with two attached hydrogens (primary N) is 1. The number of hydrogen-bond donors (Lipinski definition) is 3. The lowest BCUT2D eigenvalue weighted by Crippen LogP contribution is -2.33. The van der Waals surface area contributed by atoms with Gasteiger partial charge < -0.3 is 15.7 Å². The molecule has 0 aromatic carbocycles. The van der Waals surface area contributed by atoms with Crippen LogP contribution in [0.5, 0.6) is 0 Å². The van der Waals surface area contributed by atoms with Gasteiger partial charge in [-0.15, -0.1) is 0 Å². The van der Waals surface area contributed by atoms with Gasteiger partial charge in [-0.2, -0.15) is 0 Å². The summed E-state index contributed by atoms with van der Waals surface area (Å²) >= 11 is 0. The van der Waals surface area contributed by atoms with Gasteiger partial charge in [0, 0.05) is 0 Å². The Labute approximate surface area is 53.4 Å². The maximum atomic E-state index is 9.89. The minimum absolute atomic E-state index is 0.925. The lowest BCUT2D eigenvalue weighted by molar-refractivity contribution is 0.0506. The molecule has 5 nitrogen and oxygen atoms in total. The summed E-state index contributed by atoms with van der Waals surface area (Å²) in [4.78, 5) is 8.10. The molecule has 6 heteroatoms. The number of aliphatic hydroxyl groups excluding tert-OH is 1. The molecule has 0 aliphatic heterocycles. The van der Waals surface area contributed by atoms with Crippen LogP contribution < -0.4 is 5.73 Å². The van der Waals surface area contributed by atoms with Crippen LogP contribution in [0.15, 0.2) is 0 Å². The second-order valence-electron chi connectivity index (χ2n) is 1.59. The highest BCUT2D eigenvalue weighted by Gasteiger charge is 2.10. The summed E-state index contributed by atoms with van der Waals surface area (Å²) in [5.41, 5.74) is 5.01. The first kappa shape index (κ1) is 9.07. The first-order chi connectivity index (χ1) is 4.04. The molecule has 0 bridgehead atoms. The number of hydrogen-bond acceptors (Lipinski definition) is 4. The Morgan fingerprint density at radius 2 is 2.22 bits per heavy atom. The first-order valence-electron chi connectivity index (χ1n) is 2.37. The van der Waals surface area contributed by atoms with Gasteiger partial charge in [0.15, 0.2) is 0 Å². The van der Waals surface area contributed by atoms with Crippen molar-refractivity contribution in [3.8, 4) is 0 Å². The third kappa shape index (κ3) is 4.57. The topological polar surface area (TPSA) is 92.8 Å².